The van der Waals surface area contributed by atoms with E-state index < -0.39 is 10.0 Å². The van der Waals surface area contributed by atoms with Crippen LogP contribution >= 0.6 is 34.8 Å². The van der Waals surface area contributed by atoms with Crippen LogP contribution in [-0.4, -0.2) is 41.6 Å². The molecule has 0 saturated heterocycles. The Hall–Kier alpha value is -2.52. The lowest BCUT2D eigenvalue weighted by Gasteiger charge is -2.32. The summed E-state index contributed by atoms with van der Waals surface area (Å²) in [4.78, 5) is 6.60. The number of hydrogen-bond donors (Lipinski definition) is 0. The van der Waals surface area contributed by atoms with E-state index in [2.05, 4.69) is 10.1 Å². The highest BCUT2D eigenvalue weighted by molar-refractivity contribution is 7.89. The Balaban J connectivity index is 1.50. The zero-order valence-corrected chi connectivity index (χ0v) is 21.6. The van der Waals surface area contributed by atoms with Gasteiger partial charge in [0.2, 0.25) is 0 Å². The zero-order valence-electron chi connectivity index (χ0n) is 18.5. The maximum absolute atomic E-state index is 13.0. The number of rotatable bonds is 7. The quantitative estimate of drug-likeness (QED) is 0.270. The largest absolute Gasteiger partial charge is 0.489 e. The highest BCUT2D eigenvalue weighted by Gasteiger charge is 2.26. The molecule has 0 amide bonds. The van der Waals surface area contributed by atoms with Crippen molar-refractivity contribution >= 4 is 67.2 Å². The summed E-state index contributed by atoms with van der Waals surface area (Å²) in [6.07, 6.45) is 4.71. The molecule has 0 radical (unpaired) electrons. The summed E-state index contributed by atoms with van der Waals surface area (Å²) >= 11 is 18.9. The Morgan fingerprint density at radius 1 is 1.09 bits per heavy atom. The Bertz CT molecular complexity index is 1490. The predicted molar refractivity (Wildman–Crippen MR) is 140 cm³/mol. The number of ether oxygens (including phenoxy) is 1. The molecule has 0 N–H and O–H groups in total. The smallest absolute Gasteiger partial charge is 0.258 e. The first kappa shape index (κ1) is 24.2. The van der Waals surface area contributed by atoms with Crippen LogP contribution in [0.3, 0.4) is 0 Å². The van der Waals surface area contributed by atoms with Gasteiger partial charge >= 0.3 is 0 Å². The van der Waals surface area contributed by atoms with Gasteiger partial charge in [0.25, 0.3) is 10.0 Å². The van der Waals surface area contributed by atoms with Gasteiger partial charge in [-0.3, -0.25) is 0 Å². The summed E-state index contributed by atoms with van der Waals surface area (Å²) in [5, 5.41) is 5.70. The van der Waals surface area contributed by atoms with Crippen LogP contribution in [0.4, 0.5) is 11.5 Å². The number of pyridine rings is 1. The Kier molecular flexibility index (Phi) is 6.81. The monoisotopic (exact) mass is 550 g/mol. The van der Waals surface area contributed by atoms with Crippen molar-refractivity contribution in [2.24, 2.45) is 0 Å². The van der Waals surface area contributed by atoms with E-state index in [0.717, 1.165) is 28.2 Å². The van der Waals surface area contributed by atoms with Gasteiger partial charge in [0.05, 0.1) is 34.1 Å². The first-order valence-electron chi connectivity index (χ1n) is 11.0. The van der Waals surface area contributed by atoms with Crippen molar-refractivity contribution in [1.29, 1.82) is 0 Å². The molecule has 2 aromatic heterocycles. The van der Waals surface area contributed by atoms with Crippen molar-refractivity contribution < 1.29 is 13.2 Å². The van der Waals surface area contributed by atoms with E-state index in [-0.39, 0.29) is 5.75 Å². The van der Waals surface area contributed by atoms with Crippen LogP contribution in [0.15, 0.2) is 54.9 Å². The first-order valence-corrected chi connectivity index (χ1v) is 13.9. The molecule has 0 atom stereocenters. The topological polar surface area (TPSA) is 77.3 Å². The van der Waals surface area contributed by atoms with Gasteiger partial charge in [0.15, 0.2) is 5.75 Å². The second-order valence-electron chi connectivity index (χ2n) is 8.12. The Morgan fingerprint density at radius 3 is 2.66 bits per heavy atom. The molecule has 7 nitrogen and oxygen atoms in total. The minimum Gasteiger partial charge on any atom is -0.489 e. The standard InChI is InChI=1S/C24H21Cl3N4O3S/c25-8-10-34-24-19(26)12-20-18(23(24)27)7-4-9-30(20)22-11-17-13-29-31(21(17)14-28-22)35(32,33)15-16-5-2-1-3-6-16/h1-3,5-6,11-14H,4,7-10,15H2. The molecule has 35 heavy (non-hydrogen) atoms. The zero-order chi connectivity index (χ0) is 24.6. The van der Waals surface area contributed by atoms with Crippen LogP contribution in [-0.2, 0) is 22.2 Å². The predicted octanol–water partition coefficient (Wildman–Crippen LogP) is 5.82. The molecule has 1 aliphatic rings. The van der Waals surface area contributed by atoms with E-state index in [1.165, 1.54) is 12.4 Å². The molecule has 0 fully saturated rings. The molecule has 0 saturated carbocycles. The van der Waals surface area contributed by atoms with Crippen LogP contribution in [0.1, 0.15) is 17.5 Å². The minimum atomic E-state index is -3.71. The van der Waals surface area contributed by atoms with Gasteiger partial charge in [-0.05, 0) is 36.1 Å². The van der Waals surface area contributed by atoms with Crippen LogP contribution in [0.25, 0.3) is 10.9 Å². The van der Waals surface area contributed by atoms with E-state index in [9.17, 15) is 8.42 Å². The van der Waals surface area contributed by atoms with Gasteiger partial charge in [-0.25, -0.2) is 13.4 Å². The first-order chi connectivity index (χ1) is 16.9. The highest BCUT2D eigenvalue weighted by Crippen LogP contribution is 2.45. The molecule has 4 aromatic rings. The third-order valence-corrected chi connectivity index (χ3v) is 8.17. The van der Waals surface area contributed by atoms with E-state index >= 15 is 0 Å². The lowest BCUT2D eigenvalue weighted by atomic mass is 10.0. The SMILES string of the molecule is O=S(=O)(Cc1ccccc1)n1ncc2cc(N3CCCc4c3cc(Cl)c(OCCCl)c4Cl)ncc21. The summed E-state index contributed by atoms with van der Waals surface area (Å²) in [6.45, 7) is 1.01. The molecule has 182 valence electrons. The van der Waals surface area contributed by atoms with Gasteiger partial charge < -0.3 is 9.64 Å². The maximum Gasteiger partial charge on any atom is 0.258 e. The molecule has 1 aliphatic heterocycles. The number of anilines is 2. The molecular weight excluding hydrogens is 531 g/mol. The van der Waals surface area contributed by atoms with E-state index in [1.807, 2.05) is 35.2 Å². The second kappa shape index (κ2) is 9.85. The number of nitrogens with zero attached hydrogens (tertiary/aromatic N) is 4. The molecule has 5 rings (SSSR count). The molecule has 3 heterocycles. The lowest BCUT2D eigenvalue weighted by molar-refractivity contribution is 0.343. The lowest BCUT2D eigenvalue weighted by Crippen LogP contribution is -2.25. The fraction of sp³-hybridized carbons (Fsp3) is 0.250. The highest BCUT2D eigenvalue weighted by atomic mass is 35.5. The number of hydrogen-bond acceptors (Lipinski definition) is 6. The van der Waals surface area contributed by atoms with Crippen LogP contribution < -0.4 is 9.64 Å². The van der Waals surface area contributed by atoms with Gasteiger partial charge in [-0.15, -0.1) is 11.6 Å². The van der Waals surface area contributed by atoms with Crippen molar-refractivity contribution in [1.82, 2.24) is 14.2 Å². The molecule has 0 spiro atoms. The fourth-order valence-corrected chi connectivity index (χ4v) is 6.36. The van der Waals surface area contributed by atoms with Gasteiger partial charge in [-0.2, -0.15) is 9.19 Å². The molecule has 0 aliphatic carbocycles. The molecule has 0 unspecified atom stereocenters. The average molecular weight is 552 g/mol. The summed E-state index contributed by atoms with van der Waals surface area (Å²) in [6, 6.07) is 12.7. The van der Waals surface area contributed by atoms with Crippen molar-refractivity contribution in [3.8, 4) is 5.75 Å². The molecular formula is C24H21Cl3N4O3S. The summed E-state index contributed by atoms with van der Waals surface area (Å²) < 4.78 is 32.8. The number of aromatic nitrogens is 3. The molecule has 11 heteroatoms. The summed E-state index contributed by atoms with van der Waals surface area (Å²) in [5.41, 5.74) is 2.88. The third kappa shape index (κ3) is 4.68. The summed E-state index contributed by atoms with van der Waals surface area (Å²) in [7, 11) is -3.71. The summed E-state index contributed by atoms with van der Waals surface area (Å²) in [5.74, 6) is 1.26. The number of halogens is 3. The Morgan fingerprint density at radius 2 is 1.89 bits per heavy atom. The van der Waals surface area contributed by atoms with E-state index in [4.69, 9.17) is 39.5 Å². The van der Waals surface area contributed by atoms with E-state index in [0.29, 0.717) is 57.1 Å². The number of fused-ring (bicyclic) bond motifs is 2. The van der Waals surface area contributed by atoms with Crippen molar-refractivity contribution in [3.05, 3.63) is 76.0 Å². The van der Waals surface area contributed by atoms with Crippen LogP contribution in [0, 0.1) is 0 Å². The average Bonchev–Trinajstić information content (AvgIpc) is 3.28. The van der Waals surface area contributed by atoms with Crippen molar-refractivity contribution in [3.63, 3.8) is 0 Å². The second-order valence-corrected chi connectivity index (χ2v) is 11.1. The van der Waals surface area contributed by atoms with Gasteiger partial charge in [0, 0.05) is 17.6 Å². The molecule has 2 aromatic carbocycles. The normalized spacial score (nSPS) is 13.7. The van der Waals surface area contributed by atoms with Crippen LogP contribution in [0.5, 0.6) is 5.75 Å². The molecule has 0 bridgehead atoms. The number of alkyl halides is 1. The van der Waals surface area contributed by atoms with E-state index in [1.54, 1.807) is 12.1 Å². The maximum atomic E-state index is 13.0. The fourth-order valence-electron chi connectivity index (χ4n) is 4.26. The third-order valence-electron chi connectivity index (χ3n) is 5.82. The van der Waals surface area contributed by atoms with Gasteiger partial charge in [0.1, 0.15) is 17.9 Å². The Labute approximate surface area is 218 Å². The minimum absolute atomic E-state index is 0.156. The van der Waals surface area contributed by atoms with Crippen molar-refractivity contribution in [2.45, 2.75) is 18.6 Å². The van der Waals surface area contributed by atoms with Crippen LogP contribution in [0.2, 0.25) is 10.0 Å². The van der Waals surface area contributed by atoms with Gasteiger partial charge in [-0.1, -0.05) is 53.5 Å². The number of benzene rings is 2. The van der Waals surface area contributed by atoms with Crippen molar-refractivity contribution in [2.75, 3.05) is 23.9 Å².